The summed E-state index contributed by atoms with van der Waals surface area (Å²) in [5.74, 6) is -0.802. The van der Waals surface area contributed by atoms with Gasteiger partial charge in [0.15, 0.2) is 6.10 Å². The van der Waals surface area contributed by atoms with E-state index in [1.54, 1.807) is 0 Å². The Hall–Kier alpha value is -1.77. The van der Waals surface area contributed by atoms with E-state index < -0.39 is 26.5 Å². The molecule has 0 bridgehead atoms. The fourth-order valence-electron chi connectivity index (χ4n) is 7.28. The third-order valence-corrected chi connectivity index (χ3v) is 12.4. The molecule has 0 spiro atoms. The number of carbonyl (C=O) groups excluding carboxylic acids is 2. The van der Waals surface area contributed by atoms with E-state index in [1.807, 2.05) is 21.1 Å². The Balaban J connectivity index is 4.18. The number of carbonyl (C=O) groups is 2. The van der Waals surface area contributed by atoms with Gasteiger partial charge in [-0.1, -0.05) is 192 Å². The Bertz CT molecular complexity index is 1170. The van der Waals surface area contributed by atoms with Crippen molar-refractivity contribution in [3.8, 4) is 0 Å². The standard InChI is InChI=1S/C53H100NO8P/c1-6-8-10-12-14-16-18-20-22-23-24-25-26-27-28-29-30-31-32-34-36-38-40-42-44-46-53(56)62-51(50-61-63(57,58)60-48-47-54(3,4)5)49-59-52(55)45-43-41-39-37-35-33-21-19-17-15-13-11-9-7-2/h18-21,23-24,51H,6-17,22,25-50H2,1-5H3/p+1/b20-18-,21-19-,24-23-. The Labute approximate surface area is 389 Å². The van der Waals surface area contributed by atoms with E-state index in [0.29, 0.717) is 17.4 Å². The van der Waals surface area contributed by atoms with Crippen molar-refractivity contribution < 1.29 is 42.1 Å². The number of allylic oxidation sites excluding steroid dienone is 6. The number of rotatable bonds is 48. The van der Waals surface area contributed by atoms with Crippen molar-refractivity contribution in [2.75, 3.05) is 47.5 Å². The van der Waals surface area contributed by atoms with E-state index in [-0.39, 0.29) is 32.0 Å². The van der Waals surface area contributed by atoms with Crippen molar-refractivity contribution in [3.63, 3.8) is 0 Å². The number of likely N-dealkylation sites (N-methyl/N-ethyl adjacent to an activating group) is 1. The zero-order valence-electron chi connectivity index (χ0n) is 41.8. The van der Waals surface area contributed by atoms with Crippen molar-refractivity contribution in [2.24, 2.45) is 0 Å². The first-order valence-corrected chi connectivity index (χ1v) is 27.7. The fourth-order valence-corrected chi connectivity index (χ4v) is 8.02. The highest BCUT2D eigenvalue weighted by molar-refractivity contribution is 7.47. The summed E-state index contributed by atoms with van der Waals surface area (Å²) in [6, 6.07) is 0. The molecule has 0 aliphatic heterocycles. The summed E-state index contributed by atoms with van der Waals surface area (Å²) < 4.78 is 34.4. The molecular formula is C53H101NO8P+. The van der Waals surface area contributed by atoms with E-state index >= 15 is 0 Å². The minimum absolute atomic E-state index is 0.0309. The summed E-state index contributed by atoms with van der Waals surface area (Å²) in [5.41, 5.74) is 0. The molecule has 0 aliphatic carbocycles. The van der Waals surface area contributed by atoms with Gasteiger partial charge in [0.1, 0.15) is 19.8 Å². The van der Waals surface area contributed by atoms with Crippen LogP contribution in [0.4, 0.5) is 0 Å². The van der Waals surface area contributed by atoms with Gasteiger partial charge in [-0.2, -0.15) is 0 Å². The molecule has 0 radical (unpaired) electrons. The van der Waals surface area contributed by atoms with Crippen LogP contribution in [0.5, 0.6) is 0 Å². The molecule has 10 heteroatoms. The van der Waals surface area contributed by atoms with E-state index in [1.165, 1.54) is 148 Å². The van der Waals surface area contributed by atoms with Gasteiger partial charge in [0.2, 0.25) is 0 Å². The van der Waals surface area contributed by atoms with Gasteiger partial charge in [-0.25, -0.2) is 4.57 Å². The van der Waals surface area contributed by atoms with Crippen LogP contribution < -0.4 is 0 Å². The summed E-state index contributed by atoms with van der Waals surface area (Å²) in [7, 11) is 1.48. The summed E-state index contributed by atoms with van der Waals surface area (Å²) >= 11 is 0. The number of phosphoric acid groups is 1. The summed E-state index contributed by atoms with van der Waals surface area (Å²) in [6.45, 7) is 4.42. The monoisotopic (exact) mass is 911 g/mol. The van der Waals surface area contributed by atoms with Crippen LogP contribution in [-0.2, 0) is 32.7 Å². The number of esters is 2. The van der Waals surface area contributed by atoms with Crippen LogP contribution in [0.3, 0.4) is 0 Å². The molecule has 0 aromatic heterocycles. The number of quaternary nitrogens is 1. The van der Waals surface area contributed by atoms with Gasteiger partial charge in [0.25, 0.3) is 0 Å². The third kappa shape index (κ3) is 49.5. The molecule has 2 unspecified atom stereocenters. The molecule has 0 fully saturated rings. The number of hydrogen-bond acceptors (Lipinski definition) is 7. The van der Waals surface area contributed by atoms with Crippen LogP contribution >= 0.6 is 7.82 Å². The summed E-state index contributed by atoms with van der Waals surface area (Å²) in [5, 5.41) is 0. The summed E-state index contributed by atoms with van der Waals surface area (Å²) in [4.78, 5) is 35.5. The molecule has 0 aromatic rings. The lowest BCUT2D eigenvalue weighted by Gasteiger charge is -2.24. The van der Waals surface area contributed by atoms with Crippen molar-refractivity contribution in [3.05, 3.63) is 36.5 Å². The average Bonchev–Trinajstić information content (AvgIpc) is 3.24. The maximum atomic E-state index is 12.8. The lowest BCUT2D eigenvalue weighted by atomic mass is 10.0. The van der Waals surface area contributed by atoms with E-state index in [9.17, 15) is 19.0 Å². The SMILES string of the molecule is CCCCCCC/C=C\C/C=C\CCCCCCCCCCCCCCCC(=O)OC(COC(=O)CCCCCCC/C=C\CCCCCCC)COP(=O)(O)OCC[N+](C)(C)C. The molecular weight excluding hydrogens is 810 g/mol. The zero-order valence-corrected chi connectivity index (χ0v) is 42.7. The summed E-state index contributed by atoms with van der Waals surface area (Å²) in [6.07, 6.45) is 53.4. The van der Waals surface area contributed by atoms with Gasteiger partial charge in [-0.05, 0) is 70.6 Å². The second-order valence-electron chi connectivity index (χ2n) is 18.9. The van der Waals surface area contributed by atoms with Gasteiger partial charge in [-0.3, -0.25) is 18.6 Å². The van der Waals surface area contributed by atoms with Gasteiger partial charge in [0.05, 0.1) is 27.7 Å². The molecule has 63 heavy (non-hydrogen) atoms. The van der Waals surface area contributed by atoms with Gasteiger partial charge in [0, 0.05) is 12.8 Å². The largest absolute Gasteiger partial charge is 0.472 e. The molecule has 0 heterocycles. The molecule has 370 valence electrons. The highest BCUT2D eigenvalue weighted by Gasteiger charge is 2.27. The predicted octanol–water partition coefficient (Wildman–Crippen LogP) is 15.6. The molecule has 0 aliphatic rings. The minimum Gasteiger partial charge on any atom is -0.462 e. The Morgan fingerprint density at radius 3 is 1.27 bits per heavy atom. The second-order valence-corrected chi connectivity index (χ2v) is 20.4. The topological polar surface area (TPSA) is 108 Å². The molecule has 9 nitrogen and oxygen atoms in total. The van der Waals surface area contributed by atoms with E-state index in [0.717, 1.165) is 57.8 Å². The number of unbranched alkanes of at least 4 members (excludes halogenated alkanes) is 28. The van der Waals surface area contributed by atoms with Crippen LogP contribution in [0.2, 0.25) is 0 Å². The van der Waals surface area contributed by atoms with Crippen molar-refractivity contribution >= 4 is 19.8 Å². The van der Waals surface area contributed by atoms with Gasteiger partial charge >= 0.3 is 19.8 Å². The quantitative estimate of drug-likeness (QED) is 0.0211. The fraction of sp³-hybridized carbons (Fsp3) is 0.849. The number of hydrogen-bond donors (Lipinski definition) is 1. The van der Waals surface area contributed by atoms with Crippen molar-refractivity contribution in [1.82, 2.24) is 0 Å². The maximum absolute atomic E-state index is 12.8. The Morgan fingerprint density at radius 1 is 0.492 bits per heavy atom. The third-order valence-electron chi connectivity index (χ3n) is 11.4. The van der Waals surface area contributed by atoms with Gasteiger partial charge < -0.3 is 18.9 Å². The molecule has 0 rings (SSSR count). The molecule has 0 aromatic carbocycles. The molecule has 1 N–H and O–H groups in total. The molecule has 2 atom stereocenters. The van der Waals surface area contributed by atoms with Crippen molar-refractivity contribution in [2.45, 2.75) is 245 Å². The Kier molecular flexibility index (Phi) is 44.1. The highest BCUT2D eigenvalue weighted by atomic mass is 31.2. The predicted molar refractivity (Wildman–Crippen MR) is 266 cm³/mol. The zero-order chi connectivity index (χ0) is 46.4. The molecule has 0 saturated heterocycles. The first kappa shape index (κ1) is 61.2. The number of nitrogens with zero attached hydrogens (tertiary/aromatic N) is 1. The first-order chi connectivity index (χ1) is 30.5. The van der Waals surface area contributed by atoms with E-state index in [4.69, 9.17) is 18.5 Å². The lowest BCUT2D eigenvalue weighted by Crippen LogP contribution is -2.37. The molecule has 0 amide bonds. The highest BCUT2D eigenvalue weighted by Crippen LogP contribution is 2.43. The van der Waals surface area contributed by atoms with Crippen molar-refractivity contribution in [1.29, 1.82) is 0 Å². The molecule has 0 saturated carbocycles. The smallest absolute Gasteiger partial charge is 0.462 e. The maximum Gasteiger partial charge on any atom is 0.472 e. The number of ether oxygens (including phenoxy) is 2. The second kappa shape index (κ2) is 45.4. The lowest BCUT2D eigenvalue weighted by molar-refractivity contribution is -0.870. The normalized spacial score (nSPS) is 13.7. The van der Waals surface area contributed by atoms with Crippen LogP contribution in [0, 0.1) is 0 Å². The van der Waals surface area contributed by atoms with Gasteiger partial charge in [-0.15, -0.1) is 0 Å². The van der Waals surface area contributed by atoms with Crippen LogP contribution in [0.25, 0.3) is 0 Å². The first-order valence-electron chi connectivity index (χ1n) is 26.2. The minimum atomic E-state index is -4.38. The average molecular weight is 911 g/mol. The van der Waals surface area contributed by atoms with Crippen LogP contribution in [0.1, 0.15) is 239 Å². The van der Waals surface area contributed by atoms with Crippen LogP contribution in [0.15, 0.2) is 36.5 Å². The van der Waals surface area contributed by atoms with Crippen LogP contribution in [-0.4, -0.2) is 74.9 Å². The van der Waals surface area contributed by atoms with E-state index in [2.05, 4.69) is 50.3 Å². The Morgan fingerprint density at radius 2 is 0.857 bits per heavy atom. The number of phosphoric ester groups is 1.